The molecule has 2 aromatic carbocycles. The molecular formula is C17H12FN3O4. The second kappa shape index (κ2) is 5.90. The molecule has 0 amide bonds. The van der Waals surface area contributed by atoms with Crippen LogP contribution in [0.5, 0.6) is 0 Å². The van der Waals surface area contributed by atoms with Crippen LogP contribution in [0.2, 0.25) is 0 Å². The van der Waals surface area contributed by atoms with E-state index in [0.29, 0.717) is 16.7 Å². The van der Waals surface area contributed by atoms with E-state index in [0.717, 1.165) is 4.68 Å². The first-order valence-electron chi connectivity index (χ1n) is 7.54. The maximum atomic E-state index is 13.0. The number of oxazole rings is 1. The van der Waals surface area contributed by atoms with Crippen LogP contribution in [-0.4, -0.2) is 14.3 Å². The Morgan fingerprint density at radius 3 is 2.48 bits per heavy atom. The minimum Gasteiger partial charge on any atom is -0.408 e. The van der Waals surface area contributed by atoms with E-state index in [9.17, 15) is 14.0 Å². The topological polar surface area (TPSA) is 83.2 Å². The summed E-state index contributed by atoms with van der Waals surface area (Å²) in [5.74, 6) is -1.46. The van der Waals surface area contributed by atoms with Crippen LogP contribution in [0.1, 0.15) is 0 Å². The van der Waals surface area contributed by atoms with E-state index in [1.165, 1.54) is 28.8 Å². The van der Waals surface area contributed by atoms with Gasteiger partial charge in [0.1, 0.15) is 5.82 Å². The third kappa shape index (κ3) is 2.78. The molecule has 4 aromatic rings. The molecule has 0 radical (unpaired) electrons. The lowest BCUT2D eigenvalue weighted by atomic mass is 10.2. The van der Waals surface area contributed by atoms with Crippen LogP contribution >= 0.6 is 0 Å². The molecule has 0 fully saturated rings. The molecule has 2 aromatic heterocycles. The number of fused-ring (bicyclic) bond motifs is 1. The number of halogens is 1. The molecule has 0 aliphatic rings. The van der Waals surface area contributed by atoms with Crippen molar-refractivity contribution in [2.75, 3.05) is 0 Å². The lowest BCUT2D eigenvalue weighted by Crippen LogP contribution is -2.23. The zero-order chi connectivity index (χ0) is 17.4. The van der Waals surface area contributed by atoms with Crippen molar-refractivity contribution in [1.29, 1.82) is 0 Å². The molecule has 0 N–H and O–H groups in total. The molecule has 25 heavy (non-hydrogen) atoms. The van der Waals surface area contributed by atoms with Gasteiger partial charge in [-0.05, 0) is 36.4 Å². The molecule has 2 heterocycles. The van der Waals surface area contributed by atoms with Crippen molar-refractivity contribution in [2.24, 2.45) is 0 Å². The van der Waals surface area contributed by atoms with E-state index in [2.05, 4.69) is 5.10 Å². The van der Waals surface area contributed by atoms with Crippen molar-refractivity contribution in [1.82, 2.24) is 14.3 Å². The summed E-state index contributed by atoms with van der Waals surface area (Å²) < 4.78 is 25.7. The fourth-order valence-corrected chi connectivity index (χ4v) is 2.58. The van der Waals surface area contributed by atoms with Crippen LogP contribution in [0.4, 0.5) is 4.39 Å². The number of aromatic nitrogens is 3. The van der Waals surface area contributed by atoms with Gasteiger partial charge in [-0.1, -0.05) is 12.1 Å². The van der Waals surface area contributed by atoms with E-state index in [1.807, 2.05) is 0 Å². The summed E-state index contributed by atoms with van der Waals surface area (Å²) in [7, 11) is 0. The van der Waals surface area contributed by atoms with Gasteiger partial charge in [-0.15, -0.1) is 5.10 Å². The zero-order valence-electron chi connectivity index (χ0n) is 12.9. The van der Waals surface area contributed by atoms with E-state index >= 15 is 0 Å². The molecule has 0 saturated carbocycles. The van der Waals surface area contributed by atoms with E-state index in [1.54, 1.807) is 24.3 Å². The van der Waals surface area contributed by atoms with Crippen LogP contribution in [0.25, 0.3) is 22.6 Å². The Bertz CT molecular complexity index is 1150. The number of para-hydroxylation sites is 2. The van der Waals surface area contributed by atoms with Gasteiger partial charge in [-0.3, -0.25) is 4.57 Å². The number of benzene rings is 2. The van der Waals surface area contributed by atoms with Crippen LogP contribution in [0.3, 0.4) is 0 Å². The predicted molar refractivity (Wildman–Crippen MR) is 86.6 cm³/mol. The molecule has 0 bridgehead atoms. The fraction of sp³-hybridized carbons (Fsp3) is 0.118. The minimum atomic E-state index is -0.653. The summed E-state index contributed by atoms with van der Waals surface area (Å²) in [6, 6.07) is 12.5. The van der Waals surface area contributed by atoms with Crippen LogP contribution in [0.15, 0.2) is 67.0 Å². The molecule has 0 aliphatic heterocycles. The molecular weight excluding hydrogens is 329 g/mol. The second-order valence-corrected chi connectivity index (χ2v) is 5.39. The Morgan fingerprint density at radius 2 is 1.68 bits per heavy atom. The van der Waals surface area contributed by atoms with E-state index < -0.39 is 17.3 Å². The number of hydrogen-bond acceptors (Lipinski definition) is 5. The smallest absolute Gasteiger partial charge is 0.408 e. The summed E-state index contributed by atoms with van der Waals surface area (Å²) in [5.41, 5.74) is 1.61. The highest BCUT2D eigenvalue weighted by Gasteiger charge is 2.13. The first-order chi connectivity index (χ1) is 12.1. The van der Waals surface area contributed by atoms with Crippen molar-refractivity contribution >= 4 is 11.1 Å². The molecule has 0 unspecified atom stereocenters. The van der Waals surface area contributed by atoms with Crippen molar-refractivity contribution in [2.45, 2.75) is 13.1 Å². The molecule has 126 valence electrons. The van der Waals surface area contributed by atoms with Crippen LogP contribution in [-0.2, 0) is 13.1 Å². The first kappa shape index (κ1) is 15.1. The Morgan fingerprint density at radius 1 is 0.920 bits per heavy atom. The third-order valence-electron chi connectivity index (χ3n) is 3.81. The molecule has 0 aliphatic carbocycles. The SMILES string of the molecule is O=c1oc(-c2ccc(F)cc2)nn1CCn1c(=O)oc2ccccc21. The Balaban J connectivity index is 1.61. The summed E-state index contributed by atoms with van der Waals surface area (Å²) in [6.45, 7) is 0.331. The van der Waals surface area contributed by atoms with Gasteiger partial charge < -0.3 is 8.83 Å². The lowest BCUT2D eigenvalue weighted by Gasteiger charge is -2.00. The summed E-state index contributed by atoms with van der Waals surface area (Å²) in [4.78, 5) is 23.9. The molecule has 8 heteroatoms. The second-order valence-electron chi connectivity index (χ2n) is 5.39. The first-order valence-corrected chi connectivity index (χ1v) is 7.54. The summed E-state index contributed by atoms with van der Waals surface area (Å²) >= 11 is 0. The number of aryl methyl sites for hydroxylation is 2. The van der Waals surface area contributed by atoms with Gasteiger partial charge in [0, 0.05) is 12.1 Å². The number of hydrogen-bond donors (Lipinski definition) is 0. The molecule has 0 saturated heterocycles. The van der Waals surface area contributed by atoms with E-state index in [4.69, 9.17) is 8.83 Å². The average Bonchev–Trinajstić information content (AvgIpc) is 3.13. The molecule has 0 spiro atoms. The summed E-state index contributed by atoms with van der Waals surface area (Å²) in [5, 5.41) is 4.09. The Kier molecular flexibility index (Phi) is 3.57. The van der Waals surface area contributed by atoms with Crippen LogP contribution < -0.4 is 11.5 Å². The third-order valence-corrected chi connectivity index (χ3v) is 3.81. The summed E-state index contributed by atoms with van der Waals surface area (Å²) in [6.07, 6.45) is 0. The van der Waals surface area contributed by atoms with Crippen molar-refractivity contribution in [3.63, 3.8) is 0 Å². The minimum absolute atomic E-state index is 0.0920. The molecule has 7 nitrogen and oxygen atoms in total. The maximum Gasteiger partial charge on any atom is 0.437 e. The fourth-order valence-electron chi connectivity index (χ4n) is 2.58. The van der Waals surface area contributed by atoms with E-state index in [-0.39, 0.29) is 19.0 Å². The average molecular weight is 341 g/mol. The Hall–Kier alpha value is -3.42. The predicted octanol–water partition coefficient (Wildman–Crippen LogP) is 2.25. The van der Waals surface area contributed by atoms with Crippen molar-refractivity contribution < 1.29 is 13.2 Å². The van der Waals surface area contributed by atoms with Crippen molar-refractivity contribution in [3.05, 3.63) is 75.4 Å². The number of nitrogens with zero attached hydrogens (tertiary/aromatic N) is 3. The quantitative estimate of drug-likeness (QED) is 0.568. The van der Waals surface area contributed by atoms with Crippen molar-refractivity contribution in [3.8, 4) is 11.5 Å². The standard InChI is InChI=1S/C17H12FN3O4/c18-12-7-5-11(6-8-12)15-19-21(17(23)25-15)10-9-20-13-3-1-2-4-14(13)24-16(20)22/h1-8H,9-10H2. The monoisotopic (exact) mass is 341 g/mol. The highest BCUT2D eigenvalue weighted by molar-refractivity contribution is 5.72. The highest BCUT2D eigenvalue weighted by atomic mass is 19.1. The van der Waals surface area contributed by atoms with Gasteiger partial charge in [-0.25, -0.2) is 14.0 Å². The largest absolute Gasteiger partial charge is 0.437 e. The van der Waals surface area contributed by atoms with Gasteiger partial charge >= 0.3 is 11.5 Å². The van der Waals surface area contributed by atoms with Gasteiger partial charge in [0.05, 0.1) is 12.1 Å². The van der Waals surface area contributed by atoms with Gasteiger partial charge in [-0.2, -0.15) is 4.68 Å². The number of rotatable bonds is 4. The Labute approximate surface area is 139 Å². The molecule has 0 atom stereocenters. The normalized spacial score (nSPS) is 11.2. The maximum absolute atomic E-state index is 13.0. The van der Waals surface area contributed by atoms with Crippen LogP contribution in [0, 0.1) is 5.82 Å². The van der Waals surface area contributed by atoms with Gasteiger partial charge in [0.25, 0.3) is 0 Å². The van der Waals surface area contributed by atoms with Gasteiger partial charge in [0.2, 0.25) is 5.89 Å². The lowest BCUT2D eigenvalue weighted by molar-refractivity contribution is 0.440. The van der Waals surface area contributed by atoms with Gasteiger partial charge in [0.15, 0.2) is 5.58 Å². The molecule has 4 rings (SSSR count). The zero-order valence-corrected chi connectivity index (χ0v) is 12.9. The highest BCUT2D eigenvalue weighted by Crippen LogP contribution is 2.16.